The maximum atomic E-state index is 5.76. The SMILES string of the molecule is CC(C)c1cc(C(C)C)nc(N)n1.CC(C)c1csc2c(C(C)C)ncnc12.CC(C)c1nc(N)nc2c1ccn2C(C)C.CC(C)c1ncnc2c1ccn2C(C)C.CC(C)c1nnc(C(C)C)o1.CC(C)c1noc(C(C)C)n1.Cc1nc(C(C)C)cc(C(C)C)n1. The van der Waals surface area contributed by atoms with E-state index in [0.29, 0.717) is 95.0 Å². The van der Waals surface area contributed by atoms with Gasteiger partial charge in [-0.25, -0.2) is 44.9 Å². The van der Waals surface area contributed by atoms with Crippen molar-refractivity contribution in [3.05, 3.63) is 129 Å². The minimum absolute atomic E-state index is 0.329. The minimum atomic E-state index is 0.329. The van der Waals surface area contributed by atoms with Gasteiger partial charge >= 0.3 is 0 Å². The first-order valence-corrected chi connectivity index (χ1v) is 34.7. The van der Waals surface area contributed by atoms with Gasteiger partial charge in [-0.2, -0.15) is 9.97 Å². The third-order valence-electron chi connectivity index (χ3n) is 14.9. The lowest BCUT2D eigenvalue weighted by atomic mass is 10.0. The summed E-state index contributed by atoms with van der Waals surface area (Å²) in [5.41, 5.74) is 23.5. The molecule has 10 aromatic rings. The third kappa shape index (κ3) is 22.5. The first-order valence-electron chi connectivity index (χ1n) is 33.8. The van der Waals surface area contributed by atoms with Crippen molar-refractivity contribution in [3.63, 3.8) is 0 Å². The van der Waals surface area contributed by atoms with Gasteiger partial charge in [0.05, 0.1) is 27.3 Å². The van der Waals surface area contributed by atoms with E-state index in [1.807, 2.05) is 54.5 Å². The smallest absolute Gasteiger partial charge is 0.229 e. The van der Waals surface area contributed by atoms with Gasteiger partial charge in [-0.3, -0.25) is 0 Å². The van der Waals surface area contributed by atoms with Crippen LogP contribution in [-0.4, -0.2) is 79.3 Å². The van der Waals surface area contributed by atoms with Crippen LogP contribution in [-0.2, 0) is 0 Å². The highest BCUT2D eigenvalue weighted by molar-refractivity contribution is 7.17. The summed E-state index contributed by atoms with van der Waals surface area (Å²) < 4.78 is 16.0. The van der Waals surface area contributed by atoms with Crippen LogP contribution in [0.1, 0.15) is 352 Å². The Labute approximate surface area is 565 Å². The van der Waals surface area contributed by atoms with Gasteiger partial charge < -0.3 is 29.5 Å². The molecule has 94 heavy (non-hydrogen) atoms. The van der Waals surface area contributed by atoms with E-state index in [-0.39, 0.29) is 0 Å². The number of nitrogens with zero attached hydrogens (tertiary/aromatic N) is 16. The number of aryl methyl sites for hydroxylation is 1. The molecule has 0 fully saturated rings. The fraction of sp³-hybridized carbons (Fsp3) is 0.589. The quantitative estimate of drug-likeness (QED) is 0.102. The zero-order chi connectivity index (χ0) is 70.7. The van der Waals surface area contributed by atoms with E-state index < -0.39 is 0 Å². The van der Waals surface area contributed by atoms with Crippen LogP contribution in [0.25, 0.3) is 32.3 Å². The van der Waals surface area contributed by atoms with Gasteiger partial charge in [0, 0.05) is 81.7 Å². The van der Waals surface area contributed by atoms with Crippen molar-refractivity contribution in [1.29, 1.82) is 0 Å². The summed E-state index contributed by atoms with van der Waals surface area (Å²) in [7, 11) is 0. The molecular weight excluding hydrogens is 1190 g/mol. The van der Waals surface area contributed by atoms with Gasteiger partial charge in [-0.05, 0) is 117 Å². The molecule has 0 spiro atoms. The molecule has 0 saturated carbocycles. The fourth-order valence-corrected chi connectivity index (χ4v) is 10.6. The van der Waals surface area contributed by atoms with Crippen LogP contribution in [0, 0.1) is 6.92 Å². The van der Waals surface area contributed by atoms with E-state index in [0.717, 1.165) is 85.7 Å². The summed E-state index contributed by atoms with van der Waals surface area (Å²) in [6, 6.07) is 9.16. The molecule has 0 aliphatic carbocycles. The van der Waals surface area contributed by atoms with Crippen molar-refractivity contribution in [2.45, 2.75) is 284 Å². The summed E-state index contributed by atoms with van der Waals surface area (Å²) in [6.45, 7) is 61.3. The number of hydrogen-bond donors (Lipinski definition) is 2. The second kappa shape index (κ2) is 36.3. The van der Waals surface area contributed by atoms with Gasteiger partial charge in [-0.15, -0.1) is 21.5 Å². The van der Waals surface area contributed by atoms with E-state index in [9.17, 15) is 0 Å². The average Bonchev–Trinajstić information content (AvgIpc) is 1.67. The summed E-state index contributed by atoms with van der Waals surface area (Å²) in [5, 5.41) is 16.2. The second-order valence-electron chi connectivity index (χ2n) is 28.1. The Kier molecular flexibility index (Phi) is 30.4. The summed E-state index contributed by atoms with van der Waals surface area (Å²) in [5.74, 6) is 9.54. The topological polar surface area (TPSA) is 269 Å². The largest absolute Gasteiger partial charge is 0.425 e. The number of anilines is 2. The maximum Gasteiger partial charge on any atom is 0.229 e. The second-order valence-corrected chi connectivity index (χ2v) is 29.0. The lowest BCUT2D eigenvalue weighted by Gasteiger charge is -2.11. The van der Waals surface area contributed by atoms with Crippen LogP contribution < -0.4 is 11.5 Å². The van der Waals surface area contributed by atoms with Gasteiger partial charge in [-0.1, -0.05) is 171 Å². The van der Waals surface area contributed by atoms with Gasteiger partial charge in [0.25, 0.3) is 0 Å². The molecule has 0 unspecified atom stereocenters. The molecule has 0 atom stereocenters. The molecule has 4 N–H and O–H groups in total. The van der Waals surface area contributed by atoms with Crippen molar-refractivity contribution < 1.29 is 8.94 Å². The molecule has 10 aromatic heterocycles. The molecule has 21 heteroatoms. The lowest BCUT2D eigenvalue weighted by Crippen LogP contribution is -2.05. The molecule has 0 aliphatic heterocycles. The Morgan fingerprint density at radius 1 is 0.404 bits per heavy atom. The first-order chi connectivity index (χ1) is 43.9. The zero-order valence-electron chi connectivity index (χ0n) is 62.3. The molecule has 0 radical (unpaired) electrons. The van der Waals surface area contributed by atoms with Crippen molar-refractivity contribution in [2.24, 2.45) is 0 Å². The average molecular weight is 1310 g/mol. The number of fused-ring (bicyclic) bond motifs is 3. The lowest BCUT2D eigenvalue weighted by molar-refractivity contribution is 0.359. The standard InChI is InChI=1S/C12H18N4.C12H17N3.C12H16N2S.C11H18N2.C10H17N3.2C8H14N2O/c1-7(2)10-9-5-6-16(8(3)4)11(9)15-12(13)14-10;1-8(2)11-10-5-6-15(9(3)4)12(10)14-7-13-11;1-7(2)9-5-15-12-10(8(3)4)13-6-14-11(9)12;1-7(2)10-6-11(8(3)4)13-9(5)12-10;1-6(2)8-5-9(7(3)4)13-10(11)12-8;1-5(2)7-9-10-8(11-7)6(3)4;1-5(2)7-9-8(6(3)4)11-10-7/h5-8H,1-4H3,(H2,13,14,15);5-9H,1-4H3;5-8H,1-4H3;6-8H,1-5H3;5-7H,1-4H3,(H2,11,12,13);2*5-6H,1-4H3. The number of aromatic nitrogens is 16. The Balaban J connectivity index is 0.000000235. The molecule has 10 heterocycles. The predicted molar refractivity (Wildman–Crippen MR) is 389 cm³/mol. The molecule has 0 bridgehead atoms. The first kappa shape index (κ1) is 78.8. The molecular formula is C73H114N18O2S. The van der Waals surface area contributed by atoms with E-state index in [1.165, 1.54) is 21.3 Å². The molecule has 0 saturated heterocycles. The molecule has 0 aliphatic rings. The number of nitrogens with two attached hydrogens (primary N) is 2. The van der Waals surface area contributed by atoms with Crippen LogP contribution in [0.5, 0.6) is 0 Å². The fourth-order valence-electron chi connectivity index (χ4n) is 9.24. The number of thiophene rings is 1. The summed E-state index contributed by atoms with van der Waals surface area (Å²) >= 11 is 1.77. The molecule has 514 valence electrons. The summed E-state index contributed by atoms with van der Waals surface area (Å²) in [4.78, 5) is 47.6. The van der Waals surface area contributed by atoms with Gasteiger partial charge in [0.1, 0.15) is 29.8 Å². The van der Waals surface area contributed by atoms with E-state index in [4.69, 9.17) is 20.4 Å². The van der Waals surface area contributed by atoms with Crippen LogP contribution >= 0.6 is 11.3 Å². The summed E-state index contributed by atoms with van der Waals surface area (Å²) in [6.07, 6.45) is 7.50. The molecule has 10 rings (SSSR count). The predicted octanol–water partition coefficient (Wildman–Crippen LogP) is 19.8. The van der Waals surface area contributed by atoms with Crippen molar-refractivity contribution in [3.8, 4) is 0 Å². The number of hydrogen-bond acceptors (Lipinski definition) is 19. The Morgan fingerprint density at radius 2 is 0.830 bits per heavy atom. The minimum Gasteiger partial charge on any atom is -0.425 e. The highest BCUT2D eigenvalue weighted by Crippen LogP contribution is 2.34. The van der Waals surface area contributed by atoms with E-state index in [1.54, 1.807) is 24.0 Å². The highest BCUT2D eigenvalue weighted by Gasteiger charge is 2.18. The molecule has 20 nitrogen and oxygen atoms in total. The van der Waals surface area contributed by atoms with Crippen LogP contribution in [0.3, 0.4) is 0 Å². The number of rotatable bonds is 14. The maximum absolute atomic E-state index is 5.76. The van der Waals surface area contributed by atoms with Gasteiger partial charge in [0.15, 0.2) is 5.82 Å². The van der Waals surface area contributed by atoms with Crippen molar-refractivity contribution in [2.75, 3.05) is 11.5 Å². The Hall–Kier alpha value is -7.68. The zero-order valence-corrected chi connectivity index (χ0v) is 63.1. The van der Waals surface area contributed by atoms with Crippen LogP contribution in [0.15, 0.2) is 63.6 Å². The molecule has 0 aromatic carbocycles. The van der Waals surface area contributed by atoms with Gasteiger partial charge in [0.2, 0.25) is 29.6 Å². The Morgan fingerprint density at radius 3 is 1.22 bits per heavy atom. The molecule has 0 amide bonds. The third-order valence-corrected chi connectivity index (χ3v) is 15.9. The van der Waals surface area contributed by atoms with Crippen LogP contribution in [0.2, 0.25) is 0 Å². The normalized spacial score (nSPS) is 11.6. The van der Waals surface area contributed by atoms with Crippen molar-refractivity contribution in [1.82, 2.24) is 79.3 Å². The highest BCUT2D eigenvalue weighted by atomic mass is 32.1. The van der Waals surface area contributed by atoms with E-state index in [2.05, 4.69) is 268 Å². The van der Waals surface area contributed by atoms with E-state index >= 15 is 0 Å². The van der Waals surface area contributed by atoms with Crippen molar-refractivity contribution >= 4 is 55.5 Å². The monoisotopic (exact) mass is 1310 g/mol. The van der Waals surface area contributed by atoms with Crippen LogP contribution in [0.4, 0.5) is 11.9 Å². The number of nitrogen functional groups attached to an aromatic ring is 2. The Bertz CT molecular complexity index is 3580.